The Hall–Kier alpha value is -1.93. The Kier molecular flexibility index (Phi) is 7.22. The molecule has 28 heavy (non-hydrogen) atoms. The SMILES string of the molecule is CC(C)NC(=O)c1c(NC(=O)COCC(=O)O)sc2c1CC[C@H](C(C)(C)C)C2. The van der Waals surface area contributed by atoms with Crippen molar-refractivity contribution in [3.63, 3.8) is 0 Å². The van der Waals surface area contributed by atoms with Gasteiger partial charge in [0.15, 0.2) is 0 Å². The van der Waals surface area contributed by atoms with E-state index in [2.05, 4.69) is 31.4 Å². The summed E-state index contributed by atoms with van der Waals surface area (Å²) >= 11 is 1.44. The minimum absolute atomic E-state index is 0.0172. The molecule has 0 unspecified atom stereocenters. The molecule has 0 saturated heterocycles. The quantitative estimate of drug-likeness (QED) is 0.641. The second-order valence-corrected chi connectivity index (χ2v) is 9.68. The van der Waals surface area contributed by atoms with E-state index in [0.717, 1.165) is 29.7 Å². The average Bonchev–Trinajstić information content (AvgIpc) is 2.89. The van der Waals surface area contributed by atoms with Crippen molar-refractivity contribution in [3.05, 3.63) is 16.0 Å². The molecule has 0 saturated carbocycles. The minimum atomic E-state index is -1.13. The molecular weight excluding hydrogens is 380 g/mol. The van der Waals surface area contributed by atoms with Crippen LogP contribution in [0.4, 0.5) is 5.00 Å². The highest BCUT2D eigenvalue weighted by molar-refractivity contribution is 7.17. The lowest BCUT2D eigenvalue weighted by Crippen LogP contribution is -2.32. The van der Waals surface area contributed by atoms with Gasteiger partial charge in [0, 0.05) is 10.9 Å². The lowest BCUT2D eigenvalue weighted by molar-refractivity contribution is -0.143. The van der Waals surface area contributed by atoms with Crippen LogP contribution in [0, 0.1) is 11.3 Å². The number of carbonyl (C=O) groups excluding carboxylic acids is 2. The molecule has 0 aromatic carbocycles. The van der Waals surface area contributed by atoms with Crippen LogP contribution in [0.25, 0.3) is 0 Å². The van der Waals surface area contributed by atoms with Crippen molar-refractivity contribution in [1.29, 1.82) is 0 Å². The van der Waals surface area contributed by atoms with Gasteiger partial charge in [0.25, 0.3) is 11.8 Å². The van der Waals surface area contributed by atoms with Gasteiger partial charge in [-0.1, -0.05) is 20.8 Å². The largest absolute Gasteiger partial charge is 0.480 e. The topological polar surface area (TPSA) is 105 Å². The fourth-order valence-electron chi connectivity index (χ4n) is 3.38. The summed E-state index contributed by atoms with van der Waals surface area (Å²) < 4.78 is 4.85. The number of fused-ring (bicyclic) bond motifs is 1. The maximum atomic E-state index is 12.8. The molecule has 0 aliphatic heterocycles. The van der Waals surface area contributed by atoms with Crippen LogP contribution < -0.4 is 10.6 Å². The number of ether oxygens (including phenoxy) is 1. The Bertz CT molecular complexity index is 749. The van der Waals surface area contributed by atoms with Crippen LogP contribution in [0.2, 0.25) is 0 Å². The van der Waals surface area contributed by atoms with Crippen molar-refractivity contribution in [3.8, 4) is 0 Å². The third-order valence-electron chi connectivity index (χ3n) is 4.85. The molecule has 3 N–H and O–H groups in total. The number of hydrogen-bond donors (Lipinski definition) is 3. The summed E-state index contributed by atoms with van der Waals surface area (Å²) in [5.74, 6) is -1.28. The van der Waals surface area contributed by atoms with Crippen LogP contribution in [0.15, 0.2) is 0 Å². The second-order valence-electron chi connectivity index (χ2n) is 8.58. The first-order chi connectivity index (χ1) is 13.0. The fourth-order valence-corrected chi connectivity index (χ4v) is 4.72. The number of aliphatic carboxylic acids is 1. The Labute approximate surface area is 169 Å². The van der Waals surface area contributed by atoms with Crippen LogP contribution >= 0.6 is 11.3 Å². The molecular formula is C20H30N2O5S. The van der Waals surface area contributed by atoms with E-state index in [0.29, 0.717) is 16.5 Å². The highest BCUT2D eigenvalue weighted by Gasteiger charge is 2.34. The second kappa shape index (κ2) is 9.05. The van der Waals surface area contributed by atoms with Gasteiger partial charge < -0.3 is 20.5 Å². The standard InChI is InChI=1S/C20H30N2O5S/c1-11(2)21-18(26)17-13-7-6-12(20(3,4)5)8-14(13)28-19(17)22-15(23)9-27-10-16(24)25/h11-12H,6-10H2,1-5H3,(H,21,26)(H,22,23)(H,24,25)/t12-/m0/s1. The number of carboxylic acid groups (broad SMARTS) is 1. The third kappa shape index (κ3) is 5.78. The molecule has 1 aliphatic rings. The molecule has 1 aliphatic carbocycles. The number of thiophene rings is 1. The first-order valence-corrected chi connectivity index (χ1v) is 10.4. The number of hydrogen-bond acceptors (Lipinski definition) is 5. The van der Waals surface area contributed by atoms with Gasteiger partial charge in [0.1, 0.15) is 18.2 Å². The minimum Gasteiger partial charge on any atom is -0.480 e. The number of carbonyl (C=O) groups is 3. The number of nitrogens with one attached hydrogen (secondary N) is 2. The average molecular weight is 411 g/mol. The maximum Gasteiger partial charge on any atom is 0.329 e. The molecule has 156 valence electrons. The van der Waals surface area contributed by atoms with E-state index in [1.54, 1.807) is 0 Å². The zero-order valence-corrected chi connectivity index (χ0v) is 18.0. The van der Waals surface area contributed by atoms with Gasteiger partial charge in [-0.15, -0.1) is 11.3 Å². The van der Waals surface area contributed by atoms with Gasteiger partial charge >= 0.3 is 5.97 Å². The van der Waals surface area contributed by atoms with Crippen LogP contribution in [-0.2, 0) is 27.2 Å². The smallest absolute Gasteiger partial charge is 0.329 e. The zero-order valence-electron chi connectivity index (χ0n) is 17.2. The molecule has 1 aromatic heterocycles. The van der Waals surface area contributed by atoms with Crippen molar-refractivity contribution in [1.82, 2.24) is 5.32 Å². The Morgan fingerprint density at radius 1 is 1.25 bits per heavy atom. The molecule has 8 heteroatoms. The van der Waals surface area contributed by atoms with Crippen molar-refractivity contribution >= 4 is 34.1 Å². The van der Waals surface area contributed by atoms with Crippen molar-refractivity contribution in [2.75, 3.05) is 18.5 Å². The summed E-state index contributed by atoms with van der Waals surface area (Å²) in [6, 6.07) is -0.0172. The molecule has 0 fully saturated rings. The molecule has 2 rings (SSSR count). The Morgan fingerprint density at radius 2 is 1.93 bits per heavy atom. The highest BCUT2D eigenvalue weighted by Crippen LogP contribution is 2.44. The van der Waals surface area contributed by atoms with E-state index in [4.69, 9.17) is 9.84 Å². The van der Waals surface area contributed by atoms with E-state index in [1.807, 2.05) is 13.8 Å². The zero-order chi connectivity index (χ0) is 21.1. The highest BCUT2D eigenvalue weighted by atomic mass is 32.1. The van der Waals surface area contributed by atoms with Gasteiger partial charge in [0.05, 0.1) is 5.56 Å². The third-order valence-corrected chi connectivity index (χ3v) is 6.02. The molecule has 2 amide bonds. The number of anilines is 1. The van der Waals surface area contributed by atoms with Crippen LogP contribution in [0.3, 0.4) is 0 Å². The predicted molar refractivity (Wildman–Crippen MR) is 109 cm³/mol. The summed E-state index contributed by atoms with van der Waals surface area (Å²) in [7, 11) is 0. The molecule has 0 spiro atoms. The monoisotopic (exact) mass is 410 g/mol. The van der Waals surface area contributed by atoms with Crippen molar-refractivity contribution in [2.45, 2.75) is 59.9 Å². The van der Waals surface area contributed by atoms with Gasteiger partial charge in [-0.05, 0) is 50.0 Å². The summed E-state index contributed by atoms with van der Waals surface area (Å²) in [5.41, 5.74) is 1.73. The molecule has 0 radical (unpaired) electrons. The summed E-state index contributed by atoms with van der Waals surface area (Å²) in [4.78, 5) is 36.6. The van der Waals surface area contributed by atoms with Gasteiger partial charge in [0.2, 0.25) is 0 Å². The van der Waals surface area contributed by atoms with Crippen molar-refractivity contribution in [2.24, 2.45) is 11.3 Å². The summed E-state index contributed by atoms with van der Waals surface area (Å²) in [6.07, 6.45) is 2.70. The molecule has 1 atom stereocenters. The normalized spacial score (nSPS) is 16.6. The first-order valence-electron chi connectivity index (χ1n) is 9.53. The van der Waals surface area contributed by atoms with E-state index in [1.165, 1.54) is 11.3 Å². The lowest BCUT2D eigenvalue weighted by Gasteiger charge is -2.33. The molecule has 0 bridgehead atoms. The van der Waals surface area contributed by atoms with Gasteiger partial charge in [-0.25, -0.2) is 4.79 Å². The van der Waals surface area contributed by atoms with E-state index in [-0.39, 0.29) is 24.0 Å². The van der Waals surface area contributed by atoms with Crippen LogP contribution in [0.5, 0.6) is 0 Å². The van der Waals surface area contributed by atoms with Crippen LogP contribution in [-0.4, -0.2) is 42.1 Å². The number of amides is 2. The number of carboxylic acids is 1. The van der Waals surface area contributed by atoms with Gasteiger partial charge in [-0.2, -0.15) is 0 Å². The molecule has 1 heterocycles. The first kappa shape index (κ1) is 22.4. The van der Waals surface area contributed by atoms with Crippen molar-refractivity contribution < 1.29 is 24.2 Å². The van der Waals surface area contributed by atoms with E-state index < -0.39 is 18.5 Å². The van der Waals surface area contributed by atoms with E-state index in [9.17, 15) is 14.4 Å². The summed E-state index contributed by atoms with van der Waals surface area (Å²) in [6.45, 7) is 9.56. The van der Waals surface area contributed by atoms with Crippen LogP contribution in [0.1, 0.15) is 61.8 Å². The molecule has 1 aromatic rings. The molecule has 7 nitrogen and oxygen atoms in total. The summed E-state index contributed by atoms with van der Waals surface area (Å²) in [5, 5.41) is 14.8. The lowest BCUT2D eigenvalue weighted by atomic mass is 9.72. The Morgan fingerprint density at radius 3 is 2.50 bits per heavy atom. The number of rotatable bonds is 7. The fraction of sp³-hybridized carbons (Fsp3) is 0.650. The van der Waals surface area contributed by atoms with E-state index >= 15 is 0 Å². The predicted octanol–water partition coefficient (Wildman–Crippen LogP) is 3.08. The maximum absolute atomic E-state index is 12.8. The Balaban J connectivity index is 2.26. The van der Waals surface area contributed by atoms with Gasteiger partial charge in [-0.3, -0.25) is 9.59 Å².